The van der Waals surface area contributed by atoms with Gasteiger partial charge in [-0.2, -0.15) is 5.10 Å². The van der Waals surface area contributed by atoms with Gasteiger partial charge in [-0.05, 0) is 18.2 Å². The molecule has 17 heavy (non-hydrogen) atoms. The summed E-state index contributed by atoms with van der Waals surface area (Å²) in [5.41, 5.74) is 11.9. The van der Waals surface area contributed by atoms with Crippen molar-refractivity contribution in [3.8, 4) is 0 Å². The van der Waals surface area contributed by atoms with Gasteiger partial charge in [0.15, 0.2) is 0 Å². The lowest BCUT2D eigenvalue weighted by molar-refractivity contribution is -0.115. The van der Waals surface area contributed by atoms with E-state index in [4.69, 9.17) is 34.7 Å². The molecule has 2 amide bonds. The molecule has 6 nitrogen and oxygen atoms in total. The molecule has 8 heteroatoms. The standard InChI is InChI=1S/C9H8Cl2N4O2/c10-4-1-2-5(11)6(3-4)14-15-7(8(12)16)9(13)17/h1-3,14H,(H2,12,16)(H2,13,17). The smallest absolute Gasteiger partial charge is 0.274 e. The molecule has 0 atom stereocenters. The van der Waals surface area contributed by atoms with Crippen LogP contribution in [0.3, 0.4) is 0 Å². The van der Waals surface area contributed by atoms with Gasteiger partial charge in [-0.15, -0.1) is 0 Å². The van der Waals surface area contributed by atoms with E-state index in [1.54, 1.807) is 6.07 Å². The zero-order valence-corrected chi connectivity index (χ0v) is 9.92. The van der Waals surface area contributed by atoms with Gasteiger partial charge in [0.1, 0.15) is 0 Å². The number of nitrogens with two attached hydrogens (primary N) is 2. The summed E-state index contributed by atoms with van der Waals surface area (Å²) in [7, 11) is 0. The highest BCUT2D eigenvalue weighted by atomic mass is 35.5. The average Bonchev–Trinajstić information content (AvgIpc) is 2.22. The molecular weight excluding hydrogens is 267 g/mol. The van der Waals surface area contributed by atoms with Crippen LogP contribution in [0.2, 0.25) is 10.0 Å². The number of rotatable bonds is 4. The molecule has 0 saturated carbocycles. The number of anilines is 1. The molecular formula is C9H8Cl2N4O2. The first-order valence-electron chi connectivity index (χ1n) is 4.30. The van der Waals surface area contributed by atoms with E-state index in [0.717, 1.165) is 0 Å². The number of carbonyl (C=O) groups excluding carboxylic acids is 2. The Hall–Kier alpha value is -1.79. The maximum atomic E-state index is 10.8. The van der Waals surface area contributed by atoms with Crippen LogP contribution in [0.5, 0.6) is 0 Å². The van der Waals surface area contributed by atoms with E-state index in [9.17, 15) is 9.59 Å². The molecule has 0 saturated heterocycles. The van der Waals surface area contributed by atoms with E-state index in [0.29, 0.717) is 15.7 Å². The number of benzene rings is 1. The van der Waals surface area contributed by atoms with E-state index in [1.165, 1.54) is 12.1 Å². The zero-order chi connectivity index (χ0) is 13.0. The number of nitrogens with zero attached hydrogens (tertiary/aromatic N) is 1. The van der Waals surface area contributed by atoms with Crippen molar-refractivity contribution in [2.24, 2.45) is 16.6 Å². The number of amides is 2. The Morgan fingerprint density at radius 3 is 2.29 bits per heavy atom. The number of hydrogen-bond donors (Lipinski definition) is 3. The normalized spacial score (nSPS) is 9.53. The summed E-state index contributed by atoms with van der Waals surface area (Å²) in [4.78, 5) is 21.6. The largest absolute Gasteiger partial charge is 0.364 e. The van der Waals surface area contributed by atoms with Crippen LogP contribution in [-0.2, 0) is 9.59 Å². The molecule has 0 aliphatic rings. The predicted molar refractivity (Wildman–Crippen MR) is 65.9 cm³/mol. The summed E-state index contributed by atoms with van der Waals surface area (Å²) in [6, 6.07) is 4.56. The average molecular weight is 275 g/mol. The first kappa shape index (κ1) is 13.3. The fraction of sp³-hybridized carbons (Fsp3) is 0. The van der Waals surface area contributed by atoms with Crippen LogP contribution in [0.1, 0.15) is 0 Å². The number of primary amides is 2. The van der Waals surface area contributed by atoms with E-state index >= 15 is 0 Å². The molecule has 0 spiro atoms. The minimum atomic E-state index is -1.04. The molecule has 0 aromatic heterocycles. The first-order chi connectivity index (χ1) is 7.91. The Labute approximate surface area is 107 Å². The molecule has 1 aromatic rings. The summed E-state index contributed by atoms with van der Waals surface area (Å²) in [6.45, 7) is 0. The monoisotopic (exact) mass is 274 g/mol. The van der Waals surface area contributed by atoms with Gasteiger partial charge in [0.25, 0.3) is 11.8 Å². The Morgan fingerprint density at radius 2 is 1.76 bits per heavy atom. The Bertz CT molecular complexity index is 486. The minimum absolute atomic E-state index is 0.312. The Kier molecular flexibility index (Phi) is 4.30. The minimum Gasteiger partial charge on any atom is -0.364 e. The van der Waals surface area contributed by atoms with Crippen molar-refractivity contribution in [1.82, 2.24) is 0 Å². The Morgan fingerprint density at radius 1 is 1.18 bits per heavy atom. The van der Waals surface area contributed by atoms with Crippen molar-refractivity contribution >= 4 is 46.4 Å². The number of halogens is 2. The van der Waals surface area contributed by atoms with Crippen molar-refractivity contribution in [1.29, 1.82) is 0 Å². The van der Waals surface area contributed by atoms with Gasteiger partial charge in [0, 0.05) is 5.02 Å². The van der Waals surface area contributed by atoms with E-state index in [1.807, 2.05) is 0 Å². The van der Waals surface area contributed by atoms with Crippen LogP contribution >= 0.6 is 23.2 Å². The van der Waals surface area contributed by atoms with Crippen molar-refractivity contribution < 1.29 is 9.59 Å². The van der Waals surface area contributed by atoms with E-state index in [2.05, 4.69) is 10.5 Å². The molecule has 0 fully saturated rings. The second kappa shape index (κ2) is 5.51. The van der Waals surface area contributed by atoms with Crippen LogP contribution in [0, 0.1) is 0 Å². The summed E-state index contributed by atoms with van der Waals surface area (Å²) in [5.74, 6) is -2.08. The first-order valence-corrected chi connectivity index (χ1v) is 5.05. The highest BCUT2D eigenvalue weighted by Crippen LogP contribution is 2.25. The molecule has 90 valence electrons. The van der Waals surface area contributed by atoms with Gasteiger partial charge in [-0.1, -0.05) is 23.2 Å². The molecule has 0 aliphatic carbocycles. The lowest BCUT2D eigenvalue weighted by Gasteiger charge is -2.04. The fourth-order valence-corrected chi connectivity index (χ4v) is 1.26. The summed E-state index contributed by atoms with van der Waals surface area (Å²) in [5, 5.41) is 4.19. The van der Waals surface area contributed by atoms with Crippen LogP contribution in [-0.4, -0.2) is 17.5 Å². The Balaban J connectivity index is 2.98. The third-order valence-electron chi connectivity index (χ3n) is 1.68. The fourth-order valence-electron chi connectivity index (χ4n) is 0.931. The van der Waals surface area contributed by atoms with Gasteiger partial charge in [-0.25, -0.2) is 0 Å². The van der Waals surface area contributed by atoms with Crippen LogP contribution in [0.4, 0.5) is 5.69 Å². The van der Waals surface area contributed by atoms with Crippen molar-refractivity contribution in [2.75, 3.05) is 5.43 Å². The zero-order valence-electron chi connectivity index (χ0n) is 8.41. The molecule has 1 rings (SSSR count). The SMILES string of the molecule is NC(=O)C(=NNc1cc(Cl)ccc1Cl)C(N)=O. The second-order valence-corrected chi connectivity index (χ2v) is 3.77. The van der Waals surface area contributed by atoms with Crippen LogP contribution in [0.25, 0.3) is 0 Å². The van der Waals surface area contributed by atoms with Gasteiger partial charge in [0.05, 0.1) is 10.7 Å². The molecule has 5 N–H and O–H groups in total. The van der Waals surface area contributed by atoms with Crippen LogP contribution in [0.15, 0.2) is 23.3 Å². The maximum Gasteiger partial charge on any atom is 0.274 e. The number of nitrogens with one attached hydrogen (secondary N) is 1. The molecule has 1 aromatic carbocycles. The quantitative estimate of drug-likeness (QED) is 0.428. The molecule has 0 heterocycles. The van der Waals surface area contributed by atoms with Crippen molar-refractivity contribution in [2.45, 2.75) is 0 Å². The van der Waals surface area contributed by atoms with E-state index in [-0.39, 0.29) is 0 Å². The maximum absolute atomic E-state index is 10.8. The third kappa shape index (κ3) is 3.61. The number of carbonyl (C=O) groups is 2. The third-order valence-corrected chi connectivity index (χ3v) is 2.25. The van der Waals surface area contributed by atoms with Gasteiger partial charge in [0.2, 0.25) is 5.71 Å². The predicted octanol–water partition coefficient (Wildman–Crippen LogP) is 0.732. The van der Waals surface area contributed by atoms with Gasteiger partial charge >= 0.3 is 0 Å². The van der Waals surface area contributed by atoms with Crippen molar-refractivity contribution in [3.63, 3.8) is 0 Å². The number of hydrogen-bond acceptors (Lipinski definition) is 4. The molecule has 0 radical (unpaired) electrons. The molecule has 0 bridgehead atoms. The summed E-state index contributed by atoms with van der Waals surface area (Å²) < 4.78 is 0. The topological polar surface area (TPSA) is 111 Å². The summed E-state index contributed by atoms with van der Waals surface area (Å²) >= 11 is 11.5. The number of hydrazone groups is 1. The van der Waals surface area contributed by atoms with Gasteiger partial charge < -0.3 is 11.5 Å². The molecule has 0 unspecified atom stereocenters. The highest BCUT2D eigenvalue weighted by Gasteiger charge is 2.14. The van der Waals surface area contributed by atoms with Crippen molar-refractivity contribution in [3.05, 3.63) is 28.2 Å². The second-order valence-electron chi connectivity index (χ2n) is 2.92. The van der Waals surface area contributed by atoms with E-state index < -0.39 is 17.5 Å². The van der Waals surface area contributed by atoms with Crippen LogP contribution < -0.4 is 16.9 Å². The lowest BCUT2D eigenvalue weighted by Crippen LogP contribution is -2.36. The lowest BCUT2D eigenvalue weighted by atomic mass is 10.3. The van der Waals surface area contributed by atoms with Gasteiger partial charge in [-0.3, -0.25) is 15.0 Å². The highest BCUT2D eigenvalue weighted by molar-refractivity contribution is 6.64. The summed E-state index contributed by atoms with van der Waals surface area (Å²) in [6.07, 6.45) is 0. The molecule has 0 aliphatic heterocycles.